The third-order valence-electron chi connectivity index (χ3n) is 2.92. The zero-order valence-corrected chi connectivity index (χ0v) is 9.40. The summed E-state index contributed by atoms with van der Waals surface area (Å²) in [6.45, 7) is 7.05. The van der Waals surface area contributed by atoms with Crippen molar-refractivity contribution >= 4 is 11.3 Å². The van der Waals surface area contributed by atoms with E-state index in [0.29, 0.717) is 0 Å². The lowest BCUT2D eigenvalue weighted by Gasteiger charge is -2.11. The Morgan fingerprint density at radius 3 is 2.62 bits per heavy atom. The lowest BCUT2D eigenvalue weighted by molar-refractivity contribution is 0.401. The fraction of sp³-hybridized carbons (Fsp3) is 0.636. The van der Waals surface area contributed by atoms with Crippen LogP contribution in [0, 0.1) is 12.8 Å². The van der Waals surface area contributed by atoms with Crippen LogP contribution < -0.4 is 0 Å². The van der Waals surface area contributed by atoms with Crippen LogP contribution in [0.3, 0.4) is 0 Å². The van der Waals surface area contributed by atoms with Gasteiger partial charge in [0.2, 0.25) is 0 Å². The molecule has 0 radical (unpaired) electrons. The molecule has 1 aromatic rings. The van der Waals surface area contributed by atoms with Crippen LogP contribution in [0.15, 0.2) is 12.1 Å². The number of likely N-dealkylation sites (tertiary alicyclic amines) is 1. The van der Waals surface area contributed by atoms with E-state index in [4.69, 9.17) is 0 Å². The molecule has 1 fully saturated rings. The monoisotopic (exact) mass is 195 g/mol. The summed E-state index contributed by atoms with van der Waals surface area (Å²) < 4.78 is 0. The average Bonchev–Trinajstić information content (AvgIpc) is 2.58. The number of hydrogen-bond acceptors (Lipinski definition) is 2. The van der Waals surface area contributed by atoms with Crippen molar-refractivity contribution in [2.24, 2.45) is 5.92 Å². The number of thiophene rings is 1. The molecule has 1 saturated heterocycles. The van der Waals surface area contributed by atoms with E-state index < -0.39 is 0 Å². The summed E-state index contributed by atoms with van der Waals surface area (Å²) in [5.41, 5.74) is 0. The topological polar surface area (TPSA) is 3.24 Å². The average molecular weight is 195 g/mol. The van der Waals surface area contributed by atoms with Gasteiger partial charge in [0, 0.05) is 28.8 Å². The van der Waals surface area contributed by atoms with Crippen LogP contribution >= 0.6 is 11.3 Å². The minimum Gasteiger partial charge on any atom is -0.305 e. The van der Waals surface area contributed by atoms with E-state index in [1.807, 2.05) is 11.3 Å². The molecule has 0 spiro atoms. The van der Waals surface area contributed by atoms with Gasteiger partial charge < -0.3 is 4.90 Å². The van der Waals surface area contributed by atoms with Gasteiger partial charge in [0.05, 0.1) is 0 Å². The van der Waals surface area contributed by atoms with Crippen LogP contribution in [-0.4, -0.2) is 25.0 Å². The molecule has 2 heterocycles. The Bertz CT molecular complexity index is 292. The summed E-state index contributed by atoms with van der Waals surface area (Å²) in [6, 6.07) is 4.55. The minimum atomic E-state index is 0.781. The van der Waals surface area contributed by atoms with Gasteiger partial charge in [-0.1, -0.05) is 6.92 Å². The fourth-order valence-electron chi connectivity index (χ4n) is 2.23. The van der Waals surface area contributed by atoms with Crippen molar-refractivity contribution in [1.82, 2.24) is 4.90 Å². The standard InChI is InChI=1S/C11H17NS/c1-8-6-12(3)7-10(8)11-5-4-9(2)13-11/h4-5,8,10H,6-7H2,1-3H3. The first-order valence-corrected chi connectivity index (χ1v) is 5.73. The lowest BCUT2D eigenvalue weighted by atomic mass is 9.97. The Kier molecular flexibility index (Phi) is 2.43. The molecule has 0 saturated carbocycles. The smallest absolute Gasteiger partial charge is 0.00980 e. The van der Waals surface area contributed by atoms with Gasteiger partial charge in [-0.15, -0.1) is 11.3 Å². The predicted molar refractivity (Wildman–Crippen MR) is 58.5 cm³/mol. The largest absolute Gasteiger partial charge is 0.305 e. The number of nitrogens with zero attached hydrogens (tertiary/aromatic N) is 1. The molecule has 0 aliphatic carbocycles. The van der Waals surface area contributed by atoms with Crippen LogP contribution in [0.2, 0.25) is 0 Å². The first kappa shape index (κ1) is 9.22. The van der Waals surface area contributed by atoms with Crippen molar-refractivity contribution in [1.29, 1.82) is 0 Å². The summed E-state index contributed by atoms with van der Waals surface area (Å²) in [6.07, 6.45) is 0. The van der Waals surface area contributed by atoms with Crippen molar-refractivity contribution < 1.29 is 0 Å². The molecule has 1 nitrogen and oxygen atoms in total. The fourth-order valence-corrected chi connectivity index (χ4v) is 3.33. The number of likely N-dealkylation sites (N-methyl/N-ethyl adjacent to an activating group) is 1. The highest BCUT2D eigenvalue weighted by Crippen LogP contribution is 2.35. The molecule has 13 heavy (non-hydrogen) atoms. The highest BCUT2D eigenvalue weighted by Gasteiger charge is 2.29. The second kappa shape index (κ2) is 3.43. The van der Waals surface area contributed by atoms with Crippen LogP contribution in [-0.2, 0) is 0 Å². The van der Waals surface area contributed by atoms with Crippen molar-refractivity contribution in [2.45, 2.75) is 19.8 Å². The predicted octanol–water partition coefficient (Wildman–Crippen LogP) is 2.72. The maximum Gasteiger partial charge on any atom is 0.00980 e. The zero-order chi connectivity index (χ0) is 9.42. The van der Waals surface area contributed by atoms with Gasteiger partial charge in [0.25, 0.3) is 0 Å². The van der Waals surface area contributed by atoms with E-state index in [2.05, 4.69) is 37.9 Å². The molecular weight excluding hydrogens is 178 g/mol. The quantitative estimate of drug-likeness (QED) is 0.666. The van der Waals surface area contributed by atoms with Crippen molar-refractivity contribution in [3.63, 3.8) is 0 Å². The molecule has 1 aliphatic heterocycles. The van der Waals surface area contributed by atoms with Crippen molar-refractivity contribution in [3.05, 3.63) is 21.9 Å². The van der Waals surface area contributed by atoms with Crippen molar-refractivity contribution in [3.8, 4) is 0 Å². The SMILES string of the molecule is Cc1ccc(C2CN(C)CC2C)s1. The molecule has 1 aliphatic rings. The van der Waals surface area contributed by atoms with Crippen molar-refractivity contribution in [2.75, 3.05) is 20.1 Å². The third-order valence-corrected chi connectivity index (χ3v) is 4.05. The van der Waals surface area contributed by atoms with Gasteiger partial charge in [0.1, 0.15) is 0 Å². The normalized spacial score (nSPS) is 29.8. The second-order valence-corrected chi connectivity index (χ2v) is 5.57. The van der Waals surface area contributed by atoms with Gasteiger partial charge in [-0.05, 0) is 32.0 Å². The lowest BCUT2D eigenvalue weighted by Crippen LogP contribution is -2.13. The van der Waals surface area contributed by atoms with Gasteiger partial charge in [-0.3, -0.25) is 0 Å². The second-order valence-electron chi connectivity index (χ2n) is 4.25. The van der Waals surface area contributed by atoms with Crippen LogP contribution in [0.1, 0.15) is 22.6 Å². The molecule has 72 valence electrons. The van der Waals surface area contributed by atoms with Gasteiger partial charge >= 0.3 is 0 Å². The molecule has 0 N–H and O–H groups in total. The van der Waals surface area contributed by atoms with E-state index in [9.17, 15) is 0 Å². The van der Waals surface area contributed by atoms with E-state index in [1.165, 1.54) is 18.0 Å². The third kappa shape index (κ3) is 1.79. The molecule has 2 rings (SSSR count). The summed E-state index contributed by atoms with van der Waals surface area (Å²) in [4.78, 5) is 5.45. The maximum absolute atomic E-state index is 2.43. The van der Waals surface area contributed by atoms with Crippen LogP contribution in [0.5, 0.6) is 0 Å². The Balaban J connectivity index is 2.17. The highest BCUT2D eigenvalue weighted by atomic mass is 32.1. The number of rotatable bonds is 1. The van der Waals surface area contributed by atoms with Gasteiger partial charge in [0.15, 0.2) is 0 Å². The van der Waals surface area contributed by atoms with Gasteiger partial charge in [-0.2, -0.15) is 0 Å². The summed E-state index contributed by atoms with van der Waals surface area (Å²) in [5.74, 6) is 1.60. The molecular formula is C11H17NS. The summed E-state index contributed by atoms with van der Waals surface area (Å²) >= 11 is 1.96. The Hall–Kier alpha value is -0.340. The first-order valence-electron chi connectivity index (χ1n) is 4.91. The molecule has 2 unspecified atom stereocenters. The number of aryl methyl sites for hydroxylation is 1. The van der Waals surface area contributed by atoms with Crippen LogP contribution in [0.4, 0.5) is 0 Å². The molecule has 0 bridgehead atoms. The Morgan fingerprint density at radius 1 is 1.38 bits per heavy atom. The van der Waals surface area contributed by atoms with Crippen LogP contribution in [0.25, 0.3) is 0 Å². The van der Waals surface area contributed by atoms with Gasteiger partial charge in [-0.25, -0.2) is 0 Å². The van der Waals surface area contributed by atoms with E-state index >= 15 is 0 Å². The first-order chi connectivity index (χ1) is 6.16. The summed E-state index contributed by atoms with van der Waals surface area (Å²) in [7, 11) is 2.22. The maximum atomic E-state index is 2.43. The summed E-state index contributed by atoms with van der Waals surface area (Å²) in [5, 5.41) is 0. The minimum absolute atomic E-state index is 0.781. The molecule has 2 heteroatoms. The van der Waals surface area contributed by atoms with E-state index in [1.54, 1.807) is 4.88 Å². The number of hydrogen-bond donors (Lipinski definition) is 0. The molecule has 0 amide bonds. The highest BCUT2D eigenvalue weighted by molar-refractivity contribution is 7.12. The molecule has 1 aromatic heterocycles. The van der Waals surface area contributed by atoms with E-state index in [0.717, 1.165) is 11.8 Å². The molecule has 0 aromatic carbocycles. The zero-order valence-electron chi connectivity index (χ0n) is 8.58. The Morgan fingerprint density at radius 2 is 2.15 bits per heavy atom. The molecule has 2 atom stereocenters. The Labute approximate surface area is 84.4 Å². The van der Waals surface area contributed by atoms with E-state index in [-0.39, 0.29) is 0 Å².